The summed E-state index contributed by atoms with van der Waals surface area (Å²) in [5, 5.41) is 3.49. The Morgan fingerprint density at radius 2 is 1.89 bits per heavy atom. The Kier molecular flexibility index (Phi) is 3.97. The maximum absolute atomic E-state index is 6.26. The average molecular weight is 273 g/mol. The van der Waals surface area contributed by atoms with Crippen LogP contribution in [0.1, 0.15) is 34.4 Å². The number of rotatable bonds is 3. The number of aryl methyl sites for hydroxylation is 1. The molecule has 2 nitrogen and oxygen atoms in total. The van der Waals surface area contributed by atoms with E-state index in [-0.39, 0.29) is 12.2 Å². The summed E-state index contributed by atoms with van der Waals surface area (Å²) in [6, 6.07) is 14.9. The molecule has 2 aromatic rings. The molecule has 1 aliphatic rings. The lowest BCUT2D eigenvalue weighted by atomic mass is 10.1. The molecule has 1 N–H and O–H groups in total. The van der Waals surface area contributed by atoms with E-state index in [2.05, 4.69) is 48.6 Å². The lowest BCUT2D eigenvalue weighted by Gasteiger charge is -2.30. The maximum atomic E-state index is 6.26. The van der Waals surface area contributed by atoms with Crippen LogP contribution in [0.25, 0.3) is 0 Å². The summed E-state index contributed by atoms with van der Waals surface area (Å²) in [5.74, 6) is 0. The zero-order valence-electron chi connectivity index (χ0n) is 11.1. The van der Waals surface area contributed by atoms with Crippen molar-refractivity contribution >= 4 is 11.3 Å². The Labute approximate surface area is 118 Å². The molecular formula is C16H19NOS. The average Bonchev–Trinajstić information content (AvgIpc) is 2.97. The smallest absolute Gasteiger partial charge is 0.105 e. The molecule has 1 aromatic carbocycles. The number of nitrogens with one attached hydrogen (secondary N) is 1. The minimum Gasteiger partial charge on any atom is -0.362 e. The third-order valence-electron chi connectivity index (χ3n) is 3.51. The van der Waals surface area contributed by atoms with Crippen molar-refractivity contribution in [3.8, 4) is 0 Å². The van der Waals surface area contributed by atoms with Gasteiger partial charge in [0.1, 0.15) is 6.10 Å². The highest BCUT2D eigenvalue weighted by molar-refractivity contribution is 7.12. The predicted octanol–water partition coefficient (Wildman–Crippen LogP) is 3.71. The van der Waals surface area contributed by atoms with Gasteiger partial charge < -0.3 is 10.1 Å². The first kappa shape index (κ1) is 12.9. The molecule has 3 rings (SSSR count). The molecule has 0 bridgehead atoms. The number of hydrogen-bond acceptors (Lipinski definition) is 3. The van der Waals surface area contributed by atoms with E-state index in [0.29, 0.717) is 0 Å². The summed E-state index contributed by atoms with van der Waals surface area (Å²) in [4.78, 5) is 2.77. The Morgan fingerprint density at radius 1 is 1.11 bits per heavy atom. The van der Waals surface area contributed by atoms with Crippen molar-refractivity contribution in [3.63, 3.8) is 0 Å². The Bertz CT molecular complexity index is 523. The number of morpholine rings is 1. The van der Waals surface area contributed by atoms with E-state index in [4.69, 9.17) is 4.74 Å². The second kappa shape index (κ2) is 5.87. The zero-order valence-corrected chi connectivity index (χ0v) is 12.0. The molecule has 100 valence electrons. The normalized spacial score (nSPS) is 23.4. The summed E-state index contributed by atoms with van der Waals surface area (Å²) >= 11 is 1.87. The fourth-order valence-corrected chi connectivity index (χ4v) is 3.42. The number of benzene rings is 1. The lowest BCUT2D eigenvalue weighted by molar-refractivity contribution is -0.0388. The van der Waals surface area contributed by atoms with E-state index in [0.717, 1.165) is 19.5 Å². The molecule has 1 aromatic heterocycles. The van der Waals surface area contributed by atoms with Gasteiger partial charge in [-0.15, -0.1) is 11.3 Å². The zero-order chi connectivity index (χ0) is 13.1. The van der Waals surface area contributed by atoms with Gasteiger partial charge in [0, 0.05) is 22.8 Å². The third kappa shape index (κ3) is 2.89. The van der Waals surface area contributed by atoms with E-state index in [1.807, 2.05) is 17.4 Å². The van der Waals surface area contributed by atoms with Crippen LogP contribution < -0.4 is 5.32 Å². The quantitative estimate of drug-likeness (QED) is 0.920. The predicted molar refractivity (Wildman–Crippen MR) is 79.6 cm³/mol. The van der Waals surface area contributed by atoms with Crippen LogP contribution in [0.15, 0.2) is 42.5 Å². The number of thiophene rings is 1. The van der Waals surface area contributed by atoms with E-state index in [1.165, 1.54) is 15.3 Å². The first-order valence-corrected chi connectivity index (χ1v) is 7.68. The van der Waals surface area contributed by atoms with Crippen molar-refractivity contribution in [3.05, 3.63) is 57.8 Å². The van der Waals surface area contributed by atoms with Gasteiger partial charge in [0.25, 0.3) is 0 Å². The minimum atomic E-state index is 0.159. The molecule has 1 aliphatic heterocycles. The third-order valence-corrected chi connectivity index (χ3v) is 4.83. The van der Waals surface area contributed by atoms with Crippen molar-refractivity contribution in [2.45, 2.75) is 25.6 Å². The van der Waals surface area contributed by atoms with Crippen LogP contribution in [0.3, 0.4) is 0 Å². The van der Waals surface area contributed by atoms with Crippen molar-refractivity contribution in [1.29, 1.82) is 0 Å². The molecule has 0 aliphatic carbocycles. The van der Waals surface area contributed by atoms with E-state index < -0.39 is 0 Å². The maximum Gasteiger partial charge on any atom is 0.105 e. The van der Waals surface area contributed by atoms with Gasteiger partial charge in [-0.1, -0.05) is 37.3 Å². The van der Waals surface area contributed by atoms with E-state index in [1.54, 1.807) is 0 Å². The fourth-order valence-electron chi connectivity index (χ4n) is 2.43. The van der Waals surface area contributed by atoms with Crippen molar-refractivity contribution in [2.75, 3.05) is 13.1 Å². The van der Waals surface area contributed by atoms with Crippen molar-refractivity contribution < 1.29 is 4.74 Å². The van der Waals surface area contributed by atoms with Gasteiger partial charge in [-0.05, 0) is 24.1 Å². The molecule has 0 radical (unpaired) electrons. The standard InChI is InChI=1S/C16H19NOS/c1-2-13-8-9-16(19-13)15-11-17-10-14(18-15)12-6-4-3-5-7-12/h3-9,14-15,17H,2,10-11H2,1H3. The molecular weight excluding hydrogens is 254 g/mol. The van der Waals surface area contributed by atoms with Crippen LogP contribution in [0, 0.1) is 0 Å². The van der Waals surface area contributed by atoms with Crippen LogP contribution in [-0.2, 0) is 11.2 Å². The lowest BCUT2D eigenvalue weighted by Crippen LogP contribution is -2.35. The second-order valence-electron chi connectivity index (χ2n) is 4.84. The van der Waals surface area contributed by atoms with Crippen LogP contribution in [0.4, 0.5) is 0 Å². The second-order valence-corrected chi connectivity index (χ2v) is 6.04. The molecule has 3 heteroatoms. The summed E-state index contributed by atoms with van der Waals surface area (Å²) in [5.41, 5.74) is 1.26. The highest BCUT2D eigenvalue weighted by Crippen LogP contribution is 2.33. The molecule has 0 amide bonds. The largest absolute Gasteiger partial charge is 0.362 e. The highest BCUT2D eigenvalue weighted by atomic mass is 32.1. The fraction of sp³-hybridized carbons (Fsp3) is 0.375. The monoisotopic (exact) mass is 273 g/mol. The van der Waals surface area contributed by atoms with Crippen LogP contribution >= 0.6 is 11.3 Å². The van der Waals surface area contributed by atoms with Gasteiger partial charge in [-0.25, -0.2) is 0 Å². The Morgan fingerprint density at radius 3 is 2.63 bits per heavy atom. The molecule has 1 fully saturated rings. The van der Waals surface area contributed by atoms with Gasteiger partial charge in [-0.2, -0.15) is 0 Å². The SMILES string of the molecule is CCc1ccc(C2CNCC(c3ccccc3)O2)s1. The topological polar surface area (TPSA) is 21.3 Å². The number of ether oxygens (including phenoxy) is 1. The summed E-state index contributed by atoms with van der Waals surface area (Å²) in [6.45, 7) is 4.00. The first-order valence-electron chi connectivity index (χ1n) is 6.86. The van der Waals surface area contributed by atoms with Gasteiger partial charge in [0.05, 0.1) is 6.10 Å². The van der Waals surface area contributed by atoms with Gasteiger partial charge in [0.2, 0.25) is 0 Å². The molecule has 2 unspecified atom stereocenters. The van der Waals surface area contributed by atoms with Crippen molar-refractivity contribution in [1.82, 2.24) is 5.32 Å². The molecule has 1 saturated heterocycles. The molecule has 0 saturated carbocycles. The molecule has 2 heterocycles. The summed E-state index contributed by atoms with van der Waals surface area (Å²) < 4.78 is 6.26. The van der Waals surface area contributed by atoms with Gasteiger partial charge >= 0.3 is 0 Å². The van der Waals surface area contributed by atoms with E-state index in [9.17, 15) is 0 Å². The summed E-state index contributed by atoms with van der Waals surface area (Å²) in [6.07, 6.45) is 1.45. The first-order chi connectivity index (χ1) is 9.36. The van der Waals surface area contributed by atoms with Gasteiger partial charge in [0.15, 0.2) is 0 Å². The minimum absolute atomic E-state index is 0.159. The number of hydrogen-bond donors (Lipinski definition) is 1. The summed E-state index contributed by atoms with van der Waals surface area (Å²) in [7, 11) is 0. The van der Waals surface area contributed by atoms with Crippen LogP contribution in [-0.4, -0.2) is 13.1 Å². The van der Waals surface area contributed by atoms with Crippen molar-refractivity contribution in [2.24, 2.45) is 0 Å². The Hall–Kier alpha value is -1.16. The van der Waals surface area contributed by atoms with E-state index >= 15 is 0 Å². The van der Waals surface area contributed by atoms with Crippen LogP contribution in [0.2, 0.25) is 0 Å². The molecule has 2 atom stereocenters. The molecule has 0 spiro atoms. The Balaban J connectivity index is 1.74. The highest BCUT2D eigenvalue weighted by Gasteiger charge is 2.25. The van der Waals surface area contributed by atoms with Crippen LogP contribution in [0.5, 0.6) is 0 Å². The molecule has 19 heavy (non-hydrogen) atoms. The van der Waals surface area contributed by atoms with Gasteiger partial charge in [-0.3, -0.25) is 0 Å².